The van der Waals surface area contributed by atoms with Crippen LogP contribution >= 0.6 is 11.6 Å². The molecule has 0 spiro atoms. The molecule has 1 saturated heterocycles. The molecule has 7 heteroatoms. The summed E-state index contributed by atoms with van der Waals surface area (Å²) >= 11 is 6.03. The average molecular weight is 371 g/mol. The number of H-pyrrole nitrogens is 1. The van der Waals surface area contributed by atoms with Crippen molar-refractivity contribution < 1.29 is 9.32 Å². The number of carbonyl (C=O) groups excluding carboxylic acids is 1. The summed E-state index contributed by atoms with van der Waals surface area (Å²) in [5.41, 5.74) is 3.49. The van der Waals surface area contributed by atoms with Crippen molar-refractivity contribution in [3.8, 4) is 11.3 Å². The van der Waals surface area contributed by atoms with Crippen molar-refractivity contribution in [1.82, 2.24) is 20.3 Å². The zero-order chi connectivity index (χ0) is 18.1. The van der Waals surface area contributed by atoms with Crippen LogP contribution in [0.25, 0.3) is 11.3 Å². The number of aromatic amines is 1. The van der Waals surface area contributed by atoms with E-state index in [0.29, 0.717) is 17.2 Å². The van der Waals surface area contributed by atoms with Gasteiger partial charge in [0.2, 0.25) is 5.91 Å². The Morgan fingerprint density at radius 1 is 1.42 bits per heavy atom. The minimum Gasteiger partial charge on any atom is -0.356 e. The van der Waals surface area contributed by atoms with Crippen LogP contribution in [0.5, 0.6) is 0 Å². The zero-order valence-corrected chi connectivity index (χ0v) is 15.2. The maximum atomic E-state index is 12.9. The largest absolute Gasteiger partial charge is 0.356 e. The fourth-order valence-corrected chi connectivity index (χ4v) is 3.74. The highest BCUT2D eigenvalue weighted by Crippen LogP contribution is 2.37. The molecule has 1 aliphatic heterocycles. The Bertz CT molecular complexity index is 933. The van der Waals surface area contributed by atoms with Crippen molar-refractivity contribution in [1.29, 1.82) is 0 Å². The lowest BCUT2D eigenvalue weighted by atomic mass is 10.0. The van der Waals surface area contributed by atoms with Gasteiger partial charge >= 0.3 is 0 Å². The van der Waals surface area contributed by atoms with E-state index < -0.39 is 0 Å². The summed E-state index contributed by atoms with van der Waals surface area (Å²) in [5.74, 6) is 0.754. The maximum Gasteiger partial charge on any atom is 0.227 e. The van der Waals surface area contributed by atoms with Crippen LogP contribution in [0.15, 0.2) is 41.1 Å². The number of rotatable bonds is 4. The number of carbonyl (C=O) groups is 1. The molecule has 26 heavy (non-hydrogen) atoms. The predicted molar refractivity (Wildman–Crippen MR) is 97.7 cm³/mol. The van der Waals surface area contributed by atoms with Crippen LogP contribution < -0.4 is 0 Å². The van der Waals surface area contributed by atoms with Crippen LogP contribution in [0.1, 0.15) is 35.8 Å². The Hall–Kier alpha value is -2.60. The van der Waals surface area contributed by atoms with Crippen LogP contribution in [0, 0.1) is 6.92 Å². The van der Waals surface area contributed by atoms with Gasteiger partial charge in [0.1, 0.15) is 0 Å². The first-order valence-corrected chi connectivity index (χ1v) is 9.00. The molecule has 0 saturated carbocycles. The molecule has 1 amide bonds. The topological polar surface area (TPSA) is 75.0 Å². The summed E-state index contributed by atoms with van der Waals surface area (Å²) in [5, 5.41) is 11.8. The van der Waals surface area contributed by atoms with Gasteiger partial charge in [-0.2, -0.15) is 5.10 Å². The van der Waals surface area contributed by atoms with Gasteiger partial charge in [-0.1, -0.05) is 28.9 Å². The van der Waals surface area contributed by atoms with Crippen molar-refractivity contribution in [3.63, 3.8) is 0 Å². The number of aryl methyl sites for hydroxylation is 1. The molecular weight excluding hydrogens is 352 g/mol. The number of hydrogen-bond donors (Lipinski definition) is 1. The van der Waals surface area contributed by atoms with E-state index in [2.05, 4.69) is 15.4 Å². The molecule has 1 aromatic carbocycles. The normalized spacial score (nSPS) is 17.0. The van der Waals surface area contributed by atoms with E-state index in [9.17, 15) is 4.79 Å². The third kappa shape index (κ3) is 3.24. The number of amides is 1. The third-order valence-corrected chi connectivity index (χ3v) is 4.95. The SMILES string of the molecule is Cc1cc(-c2cn[nH]c2C2CCCN2C(=O)Cc2cccc(Cl)c2)on1. The van der Waals surface area contributed by atoms with Crippen molar-refractivity contribution in [2.24, 2.45) is 0 Å². The van der Waals surface area contributed by atoms with Crippen molar-refractivity contribution in [2.75, 3.05) is 6.54 Å². The Kier molecular flexibility index (Phi) is 4.51. The highest BCUT2D eigenvalue weighted by atomic mass is 35.5. The van der Waals surface area contributed by atoms with Crippen LogP contribution in [-0.4, -0.2) is 32.7 Å². The molecule has 6 nitrogen and oxygen atoms in total. The van der Waals surface area contributed by atoms with Crippen LogP contribution in [0.2, 0.25) is 5.02 Å². The monoisotopic (exact) mass is 370 g/mol. The number of nitrogens with one attached hydrogen (secondary N) is 1. The molecule has 3 heterocycles. The summed E-state index contributed by atoms with van der Waals surface area (Å²) in [4.78, 5) is 14.8. The number of halogens is 1. The highest BCUT2D eigenvalue weighted by molar-refractivity contribution is 6.30. The first-order valence-electron chi connectivity index (χ1n) is 8.62. The van der Waals surface area contributed by atoms with Gasteiger partial charge < -0.3 is 9.42 Å². The second-order valence-electron chi connectivity index (χ2n) is 6.58. The first kappa shape index (κ1) is 16.8. The number of likely N-dealkylation sites (tertiary alicyclic amines) is 1. The Labute approximate surface area is 156 Å². The minimum atomic E-state index is -0.0374. The fraction of sp³-hybridized carbons (Fsp3) is 0.316. The van der Waals surface area contributed by atoms with Gasteiger partial charge in [0.05, 0.1) is 35.6 Å². The van der Waals surface area contributed by atoms with Crippen molar-refractivity contribution in [2.45, 2.75) is 32.2 Å². The minimum absolute atomic E-state index is 0.0374. The van der Waals surface area contributed by atoms with Crippen molar-refractivity contribution >= 4 is 17.5 Å². The van der Waals surface area contributed by atoms with Gasteiger partial charge in [-0.25, -0.2) is 0 Å². The molecule has 2 aromatic heterocycles. The smallest absolute Gasteiger partial charge is 0.227 e. The second kappa shape index (κ2) is 6.96. The molecule has 1 fully saturated rings. The molecule has 1 unspecified atom stereocenters. The maximum absolute atomic E-state index is 12.9. The van der Waals surface area contributed by atoms with Gasteiger partial charge in [-0.3, -0.25) is 9.89 Å². The highest BCUT2D eigenvalue weighted by Gasteiger charge is 2.33. The Morgan fingerprint density at radius 3 is 3.08 bits per heavy atom. The predicted octanol–water partition coefficient (Wildman–Crippen LogP) is 3.93. The molecule has 0 aliphatic carbocycles. The molecule has 4 rings (SSSR count). The van der Waals surface area contributed by atoms with Crippen LogP contribution in [-0.2, 0) is 11.2 Å². The van der Waals surface area contributed by atoms with E-state index in [1.54, 1.807) is 6.20 Å². The molecular formula is C19H19ClN4O2. The summed E-state index contributed by atoms with van der Waals surface area (Å²) in [6.07, 6.45) is 3.92. The van der Waals surface area contributed by atoms with E-state index in [1.807, 2.05) is 42.2 Å². The van der Waals surface area contributed by atoms with Gasteiger partial charge in [-0.05, 0) is 37.5 Å². The third-order valence-electron chi connectivity index (χ3n) is 4.71. The first-order chi connectivity index (χ1) is 12.6. The molecule has 1 aliphatic rings. The van der Waals surface area contributed by atoms with Crippen LogP contribution in [0.3, 0.4) is 0 Å². The lowest BCUT2D eigenvalue weighted by Gasteiger charge is -2.24. The average Bonchev–Trinajstić information content (AvgIpc) is 3.34. The van der Waals surface area contributed by atoms with Gasteiger partial charge in [-0.15, -0.1) is 0 Å². The quantitative estimate of drug-likeness (QED) is 0.754. The fourth-order valence-electron chi connectivity index (χ4n) is 3.53. The van der Waals surface area contributed by atoms with Crippen molar-refractivity contribution in [3.05, 3.63) is 58.5 Å². The van der Waals surface area contributed by atoms with E-state index in [-0.39, 0.29) is 11.9 Å². The van der Waals surface area contributed by atoms with E-state index in [1.165, 1.54) is 0 Å². The van der Waals surface area contributed by atoms with E-state index in [4.69, 9.17) is 16.1 Å². The van der Waals surface area contributed by atoms with Gasteiger partial charge in [0.15, 0.2) is 5.76 Å². The number of nitrogens with zero attached hydrogens (tertiary/aromatic N) is 3. The number of hydrogen-bond acceptors (Lipinski definition) is 4. The summed E-state index contributed by atoms with van der Waals surface area (Å²) < 4.78 is 5.39. The lowest BCUT2D eigenvalue weighted by molar-refractivity contribution is -0.131. The molecule has 0 radical (unpaired) electrons. The Morgan fingerprint density at radius 2 is 2.31 bits per heavy atom. The summed E-state index contributed by atoms with van der Waals surface area (Å²) in [7, 11) is 0. The van der Waals surface area contributed by atoms with Gasteiger partial charge in [0, 0.05) is 17.6 Å². The molecule has 1 N–H and O–H groups in total. The summed E-state index contributed by atoms with van der Waals surface area (Å²) in [6.45, 7) is 2.61. The molecule has 3 aromatic rings. The molecule has 134 valence electrons. The Balaban J connectivity index is 1.57. The molecule has 1 atom stereocenters. The number of benzene rings is 1. The lowest BCUT2D eigenvalue weighted by Crippen LogP contribution is -2.32. The zero-order valence-electron chi connectivity index (χ0n) is 14.4. The van der Waals surface area contributed by atoms with E-state index in [0.717, 1.165) is 41.9 Å². The molecule has 0 bridgehead atoms. The summed E-state index contributed by atoms with van der Waals surface area (Å²) in [6, 6.07) is 9.28. The second-order valence-corrected chi connectivity index (χ2v) is 7.02. The number of aromatic nitrogens is 3. The standard InChI is InChI=1S/C19H19ClN4O2/c1-12-8-17(26-23-12)15-11-21-22-19(15)16-6-3-7-24(16)18(25)10-13-4-2-5-14(20)9-13/h2,4-5,8-9,11,16H,3,6-7,10H2,1H3,(H,21,22). The van der Waals surface area contributed by atoms with Crippen LogP contribution in [0.4, 0.5) is 0 Å². The van der Waals surface area contributed by atoms with E-state index >= 15 is 0 Å². The van der Waals surface area contributed by atoms with Gasteiger partial charge in [0.25, 0.3) is 0 Å².